The normalized spacial score (nSPS) is 12.5. The van der Waals surface area contributed by atoms with Crippen molar-refractivity contribution in [2.24, 2.45) is 0 Å². The van der Waals surface area contributed by atoms with Crippen molar-refractivity contribution >= 4 is 29.4 Å². The molecule has 2 aromatic carbocycles. The molecule has 3 rings (SSSR count). The smallest absolute Gasteiger partial charge is 0.326 e. The Morgan fingerprint density at radius 2 is 1.77 bits per heavy atom. The van der Waals surface area contributed by atoms with Crippen molar-refractivity contribution in [3.8, 4) is 0 Å². The molecule has 0 aromatic heterocycles. The summed E-state index contributed by atoms with van der Waals surface area (Å²) in [7, 11) is 0. The maximum absolute atomic E-state index is 12.4. The van der Waals surface area contributed by atoms with Crippen molar-refractivity contribution in [1.29, 1.82) is 0 Å². The molecule has 1 N–H and O–H groups in total. The second kappa shape index (κ2) is 8.95. The number of nitrogens with zero attached hydrogens (tertiary/aromatic N) is 2. The van der Waals surface area contributed by atoms with E-state index < -0.39 is 47.5 Å². The Bertz CT molecular complexity index is 1020. The number of nitro groups is 1. The molecular formula is C20H17N3O7. The van der Waals surface area contributed by atoms with Crippen molar-refractivity contribution in [3.63, 3.8) is 0 Å². The number of fused-ring (bicyclic) bond motifs is 1. The zero-order valence-electron chi connectivity index (χ0n) is 15.7. The number of esters is 1. The van der Waals surface area contributed by atoms with Gasteiger partial charge in [0.2, 0.25) is 0 Å². The van der Waals surface area contributed by atoms with Gasteiger partial charge >= 0.3 is 5.97 Å². The number of hydrogen-bond donors (Lipinski definition) is 1. The number of benzene rings is 2. The summed E-state index contributed by atoms with van der Waals surface area (Å²) in [4.78, 5) is 59.4. The monoisotopic (exact) mass is 411 g/mol. The number of ether oxygens (including phenoxy) is 1. The fraction of sp³-hybridized carbons (Fsp3) is 0.200. The summed E-state index contributed by atoms with van der Waals surface area (Å²) in [5.41, 5.74) is 0.00799. The van der Waals surface area contributed by atoms with Crippen molar-refractivity contribution < 1.29 is 28.8 Å². The Hall–Kier alpha value is -4.08. The first-order valence-corrected chi connectivity index (χ1v) is 8.98. The first-order chi connectivity index (χ1) is 14.4. The van der Waals surface area contributed by atoms with Crippen LogP contribution in [0.4, 0.5) is 5.69 Å². The molecule has 1 aliphatic rings. The van der Waals surface area contributed by atoms with Crippen LogP contribution < -0.4 is 5.32 Å². The number of nitro benzene ring substituents is 1. The molecule has 10 nitrogen and oxygen atoms in total. The molecule has 154 valence electrons. The van der Waals surface area contributed by atoms with E-state index in [1.807, 2.05) is 30.3 Å². The topological polar surface area (TPSA) is 136 Å². The predicted octanol–water partition coefficient (Wildman–Crippen LogP) is 1.09. The van der Waals surface area contributed by atoms with Gasteiger partial charge in [-0.05, 0) is 18.1 Å². The molecule has 0 saturated carbocycles. The number of carbonyl (C=O) groups excluding carboxylic acids is 4. The van der Waals surface area contributed by atoms with Gasteiger partial charge in [-0.3, -0.25) is 34.2 Å². The maximum atomic E-state index is 12.4. The van der Waals surface area contributed by atoms with Crippen molar-refractivity contribution in [2.45, 2.75) is 6.42 Å². The van der Waals surface area contributed by atoms with Crippen LogP contribution in [0.2, 0.25) is 0 Å². The van der Waals surface area contributed by atoms with Crippen LogP contribution in [0.1, 0.15) is 26.3 Å². The lowest BCUT2D eigenvalue weighted by Crippen LogP contribution is -2.37. The Morgan fingerprint density at radius 3 is 2.47 bits per heavy atom. The Balaban J connectivity index is 1.50. The summed E-state index contributed by atoms with van der Waals surface area (Å²) in [5.74, 6) is -3.29. The second-order valence-corrected chi connectivity index (χ2v) is 6.40. The molecule has 10 heteroatoms. The summed E-state index contributed by atoms with van der Waals surface area (Å²) in [6, 6.07) is 13.1. The summed E-state index contributed by atoms with van der Waals surface area (Å²) in [5, 5.41) is 13.7. The summed E-state index contributed by atoms with van der Waals surface area (Å²) in [6.45, 7) is -0.972. The van der Waals surface area contributed by atoms with E-state index in [-0.39, 0.29) is 11.1 Å². The molecule has 0 radical (unpaired) electrons. The zero-order chi connectivity index (χ0) is 21.7. The molecule has 0 atom stereocenters. The van der Waals surface area contributed by atoms with Gasteiger partial charge in [0.15, 0.2) is 6.61 Å². The molecule has 30 heavy (non-hydrogen) atoms. The minimum absolute atomic E-state index is 0.152. The lowest BCUT2D eigenvalue weighted by atomic mass is 10.1. The molecule has 0 spiro atoms. The fourth-order valence-corrected chi connectivity index (χ4v) is 2.97. The van der Waals surface area contributed by atoms with Crippen molar-refractivity contribution in [3.05, 3.63) is 75.3 Å². The molecule has 2 aromatic rings. The highest BCUT2D eigenvalue weighted by Crippen LogP contribution is 2.30. The lowest BCUT2D eigenvalue weighted by molar-refractivity contribution is -0.385. The average Bonchev–Trinajstić information content (AvgIpc) is 2.98. The van der Waals surface area contributed by atoms with Gasteiger partial charge in [0.25, 0.3) is 23.4 Å². The Labute approximate surface area is 170 Å². The SMILES string of the molecule is O=C(COC(=O)CN1C(=O)c2cccc([N+](=O)[O-])c2C1=O)NCCc1ccccc1. The van der Waals surface area contributed by atoms with Crippen LogP contribution in [0.3, 0.4) is 0 Å². The van der Waals surface area contributed by atoms with Crippen LogP contribution >= 0.6 is 0 Å². The standard InChI is InChI=1S/C20H17N3O7/c24-16(21-10-9-13-5-2-1-3-6-13)12-30-17(25)11-22-19(26)14-7-4-8-15(23(28)29)18(14)20(22)27/h1-8H,9-12H2,(H,21,24). The number of nitrogens with one attached hydrogen (secondary N) is 1. The quantitative estimate of drug-likeness (QED) is 0.297. The van der Waals surface area contributed by atoms with Crippen LogP contribution in [-0.2, 0) is 20.7 Å². The molecule has 0 unspecified atom stereocenters. The van der Waals surface area contributed by atoms with Gasteiger partial charge in [-0.2, -0.15) is 0 Å². The molecule has 0 saturated heterocycles. The Morgan fingerprint density at radius 1 is 1.03 bits per heavy atom. The van der Waals surface area contributed by atoms with Gasteiger partial charge in [-0.25, -0.2) is 0 Å². The third kappa shape index (κ3) is 4.49. The molecule has 0 bridgehead atoms. The van der Waals surface area contributed by atoms with Gasteiger partial charge in [0.1, 0.15) is 12.1 Å². The van der Waals surface area contributed by atoms with E-state index in [9.17, 15) is 29.3 Å². The number of amides is 3. The van der Waals surface area contributed by atoms with Crippen LogP contribution in [0, 0.1) is 10.1 Å². The molecule has 0 fully saturated rings. The molecule has 0 aliphatic carbocycles. The van der Waals surface area contributed by atoms with Crippen molar-refractivity contribution in [1.82, 2.24) is 10.2 Å². The first-order valence-electron chi connectivity index (χ1n) is 8.98. The van der Waals surface area contributed by atoms with Crippen molar-refractivity contribution in [2.75, 3.05) is 19.7 Å². The van der Waals surface area contributed by atoms with E-state index in [0.29, 0.717) is 17.9 Å². The average molecular weight is 411 g/mol. The minimum Gasteiger partial charge on any atom is -0.454 e. The second-order valence-electron chi connectivity index (χ2n) is 6.40. The van der Waals surface area contributed by atoms with Crippen LogP contribution in [0.5, 0.6) is 0 Å². The van der Waals surface area contributed by atoms with E-state index in [0.717, 1.165) is 11.6 Å². The molecular weight excluding hydrogens is 394 g/mol. The van der Waals surface area contributed by atoms with Crippen LogP contribution in [0.15, 0.2) is 48.5 Å². The highest BCUT2D eigenvalue weighted by Gasteiger charge is 2.41. The number of imide groups is 1. The zero-order valence-corrected chi connectivity index (χ0v) is 15.7. The molecule has 3 amide bonds. The van der Waals surface area contributed by atoms with Gasteiger partial charge in [-0.15, -0.1) is 0 Å². The number of carbonyl (C=O) groups is 4. The minimum atomic E-state index is -0.981. The largest absolute Gasteiger partial charge is 0.454 e. The summed E-state index contributed by atoms with van der Waals surface area (Å²) < 4.78 is 4.81. The first kappa shape index (κ1) is 20.6. The lowest BCUT2D eigenvalue weighted by Gasteiger charge is -2.13. The Kier molecular flexibility index (Phi) is 6.16. The van der Waals surface area contributed by atoms with Crippen LogP contribution in [-0.4, -0.2) is 53.2 Å². The highest BCUT2D eigenvalue weighted by atomic mass is 16.6. The van der Waals surface area contributed by atoms with E-state index >= 15 is 0 Å². The molecule has 1 aliphatic heterocycles. The highest BCUT2D eigenvalue weighted by molar-refractivity contribution is 6.24. The van der Waals surface area contributed by atoms with Gasteiger partial charge in [0.05, 0.1) is 10.5 Å². The third-order valence-electron chi connectivity index (χ3n) is 4.40. The predicted molar refractivity (Wildman–Crippen MR) is 103 cm³/mol. The van der Waals surface area contributed by atoms with Gasteiger partial charge < -0.3 is 10.1 Å². The number of hydrogen-bond acceptors (Lipinski definition) is 7. The molecule has 1 heterocycles. The van der Waals surface area contributed by atoms with Gasteiger partial charge in [-0.1, -0.05) is 36.4 Å². The summed E-state index contributed by atoms with van der Waals surface area (Å²) >= 11 is 0. The maximum Gasteiger partial charge on any atom is 0.326 e. The van der Waals surface area contributed by atoms with Crippen LogP contribution in [0.25, 0.3) is 0 Å². The van der Waals surface area contributed by atoms with E-state index in [2.05, 4.69) is 5.32 Å². The fourth-order valence-electron chi connectivity index (χ4n) is 2.97. The van der Waals surface area contributed by atoms with E-state index in [4.69, 9.17) is 4.74 Å². The van der Waals surface area contributed by atoms with Gasteiger partial charge in [0, 0.05) is 12.6 Å². The van der Waals surface area contributed by atoms with E-state index in [1.54, 1.807) is 0 Å². The third-order valence-corrected chi connectivity index (χ3v) is 4.40. The number of rotatable bonds is 8. The van der Waals surface area contributed by atoms with E-state index in [1.165, 1.54) is 12.1 Å². The summed E-state index contributed by atoms with van der Waals surface area (Å²) in [6.07, 6.45) is 0.606.